The van der Waals surface area contributed by atoms with Crippen LogP contribution in [0.4, 0.5) is 4.39 Å². The maximum absolute atomic E-state index is 13.8. The molecule has 6 heteroatoms. The first-order valence-corrected chi connectivity index (χ1v) is 10.7. The second kappa shape index (κ2) is 8.99. The number of nitrogens with two attached hydrogens (primary N) is 1. The molecule has 2 aliphatic rings. The molecule has 31 heavy (non-hydrogen) atoms. The van der Waals surface area contributed by atoms with E-state index in [0.29, 0.717) is 17.9 Å². The van der Waals surface area contributed by atoms with Crippen LogP contribution < -0.4 is 5.73 Å². The van der Waals surface area contributed by atoms with Gasteiger partial charge in [0.25, 0.3) is 0 Å². The van der Waals surface area contributed by atoms with Crippen molar-refractivity contribution in [3.63, 3.8) is 0 Å². The van der Waals surface area contributed by atoms with E-state index in [-0.39, 0.29) is 11.7 Å². The minimum Gasteiger partial charge on any atom is -0.382 e. The van der Waals surface area contributed by atoms with Gasteiger partial charge in [0, 0.05) is 12.7 Å². The van der Waals surface area contributed by atoms with Crippen LogP contribution in [0.3, 0.4) is 0 Å². The third kappa shape index (κ3) is 4.52. The molecule has 0 bridgehead atoms. The van der Waals surface area contributed by atoms with Crippen molar-refractivity contribution in [2.75, 3.05) is 7.11 Å². The summed E-state index contributed by atoms with van der Waals surface area (Å²) in [4.78, 5) is 9.22. The minimum absolute atomic E-state index is 0.0371. The number of nitrogens with zero attached hydrogens (tertiary/aromatic N) is 3. The van der Waals surface area contributed by atoms with Gasteiger partial charge in [-0.05, 0) is 79.8 Å². The van der Waals surface area contributed by atoms with E-state index in [9.17, 15) is 9.65 Å². The molecular weight excluding hydrogens is 391 g/mol. The lowest BCUT2D eigenvalue weighted by Crippen LogP contribution is -2.22. The van der Waals surface area contributed by atoms with Crippen molar-refractivity contribution in [3.05, 3.63) is 58.9 Å². The van der Waals surface area contributed by atoms with Crippen molar-refractivity contribution in [2.45, 2.75) is 51.3 Å². The van der Waals surface area contributed by atoms with E-state index in [1.54, 1.807) is 19.2 Å². The van der Waals surface area contributed by atoms with E-state index in [4.69, 9.17) is 10.5 Å². The van der Waals surface area contributed by atoms with Crippen molar-refractivity contribution in [2.24, 2.45) is 21.6 Å². The Hall–Kier alpha value is -3.04. The average Bonchev–Trinajstić information content (AvgIpc) is 3.13. The van der Waals surface area contributed by atoms with Crippen molar-refractivity contribution >= 4 is 11.5 Å². The molecule has 1 fully saturated rings. The molecule has 0 radical (unpaired) electrons. The number of ether oxygens (including phenoxy) is 1. The van der Waals surface area contributed by atoms with Crippen molar-refractivity contribution < 1.29 is 9.13 Å². The lowest BCUT2D eigenvalue weighted by Gasteiger charge is -2.28. The quantitative estimate of drug-likeness (QED) is 0.746. The van der Waals surface area contributed by atoms with E-state index in [1.807, 2.05) is 19.1 Å². The highest BCUT2D eigenvalue weighted by Gasteiger charge is 2.25. The first-order valence-electron chi connectivity index (χ1n) is 10.7. The van der Waals surface area contributed by atoms with Crippen LogP contribution in [0.15, 0.2) is 46.4 Å². The monoisotopic (exact) mass is 418 g/mol. The minimum atomic E-state index is -0.511. The van der Waals surface area contributed by atoms with Crippen LogP contribution in [0.5, 0.6) is 0 Å². The molecule has 1 atom stereocenters. The molecule has 1 aliphatic carbocycles. The van der Waals surface area contributed by atoms with Crippen LogP contribution in [0, 0.1) is 23.1 Å². The predicted molar refractivity (Wildman–Crippen MR) is 120 cm³/mol. The normalized spacial score (nSPS) is 23.2. The molecule has 1 heterocycles. The van der Waals surface area contributed by atoms with Gasteiger partial charge < -0.3 is 10.5 Å². The molecule has 0 amide bonds. The van der Waals surface area contributed by atoms with Gasteiger partial charge in [-0.15, -0.1) is 0 Å². The Kier molecular flexibility index (Phi) is 6.15. The Morgan fingerprint density at radius 1 is 1.10 bits per heavy atom. The van der Waals surface area contributed by atoms with Crippen LogP contribution in [0.1, 0.15) is 55.5 Å². The van der Waals surface area contributed by atoms with Crippen LogP contribution in [-0.2, 0) is 11.2 Å². The summed E-state index contributed by atoms with van der Waals surface area (Å²) in [6.45, 7) is 1.87. The SMILES string of the molecule is COC1CCC(Cc2ccc(-c3ccc(F)c(C#N)c3)cc2C2N=C(C)C(N)=N2)CC1. The highest BCUT2D eigenvalue weighted by molar-refractivity contribution is 6.41. The number of benzene rings is 2. The van der Waals surface area contributed by atoms with Crippen LogP contribution in [0.25, 0.3) is 11.1 Å². The second-order valence-electron chi connectivity index (χ2n) is 8.41. The molecule has 1 aliphatic heterocycles. The largest absolute Gasteiger partial charge is 0.382 e. The molecule has 1 saturated carbocycles. The summed E-state index contributed by atoms with van der Waals surface area (Å²) in [6, 6.07) is 12.8. The molecule has 0 saturated heterocycles. The highest BCUT2D eigenvalue weighted by atomic mass is 19.1. The van der Waals surface area contributed by atoms with E-state index < -0.39 is 5.82 Å². The van der Waals surface area contributed by atoms with Gasteiger partial charge in [0.05, 0.1) is 17.4 Å². The zero-order valence-electron chi connectivity index (χ0n) is 17.9. The molecule has 2 aromatic rings. The van der Waals surface area contributed by atoms with Gasteiger partial charge in [0.1, 0.15) is 17.7 Å². The van der Waals surface area contributed by atoms with Gasteiger partial charge in [-0.3, -0.25) is 4.99 Å². The van der Waals surface area contributed by atoms with Crippen molar-refractivity contribution in [1.29, 1.82) is 5.26 Å². The fraction of sp³-hybridized carbons (Fsp3) is 0.400. The lowest BCUT2D eigenvalue weighted by atomic mass is 9.82. The smallest absolute Gasteiger partial charge is 0.168 e. The first-order chi connectivity index (χ1) is 15.0. The Balaban J connectivity index is 1.68. The summed E-state index contributed by atoms with van der Waals surface area (Å²) in [5, 5.41) is 9.19. The predicted octanol–water partition coefficient (Wildman–Crippen LogP) is 4.94. The summed E-state index contributed by atoms with van der Waals surface area (Å²) in [7, 11) is 1.79. The maximum atomic E-state index is 13.8. The van der Waals surface area contributed by atoms with Crippen LogP contribution in [-0.4, -0.2) is 24.8 Å². The molecule has 0 aromatic heterocycles. The van der Waals surface area contributed by atoms with Crippen molar-refractivity contribution in [3.8, 4) is 17.2 Å². The highest BCUT2D eigenvalue weighted by Crippen LogP contribution is 2.35. The topological polar surface area (TPSA) is 83.8 Å². The summed E-state index contributed by atoms with van der Waals surface area (Å²) in [6.07, 6.45) is 5.43. The number of hydrogen-bond acceptors (Lipinski definition) is 5. The van der Waals surface area contributed by atoms with Crippen LogP contribution >= 0.6 is 0 Å². The van der Waals surface area contributed by atoms with Gasteiger partial charge in [-0.2, -0.15) is 5.26 Å². The number of methoxy groups -OCH3 is 1. The van der Waals surface area contributed by atoms with Gasteiger partial charge in [0.2, 0.25) is 0 Å². The summed E-state index contributed by atoms with van der Waals surface area (Å²) < 4.78 is 19.3. The Morgan fingerprint density at radius 2 is 1.81 bits per heavy atom. The lowest BCUT2D eigenvalue weighted by molar-refractivity contribution is 0.0568. The van der Waals surface area contributed by atoms with E-state index in [2.05, 4.69) is 22.1 Å². The van der Waals surface area contributed by atoms with E-state index in [1.165, 1.54) is 11.6 Å². The zero-order chi connectivity index (χ0) is 22.0. The molecule has 4 rings (SSSR count). The van der Waals surface area contributed by atoms with E-state index in [0.717, 1.165) is 54.5 Å². The van der Waals surface area contributed by atoms with Gasteiger partial charge in [-0.25, -0.2) is 9.38 Å². The molecular formula is C25H27FN4O. The second-order valence-corrected chi connectivity index (χ2v) is 8.41. The summed E-state index contributed by atoms with van der Waals surface area (Å²) in [5.41, 5.74) is 10.7. The Labute approximate surface area is 182 Å². The fourth-order valence-electron chi connectivity index (χ4n) is 4.52. The molecule has 160 valence electrons. The zero-order valence-corrected chi connectivity index (χ0v) is 17.9. The third-order valence-corrected chi connectivity index (χ3v) is 6.43. The third-order valence-electron chi connectivity index (χ3n) is 6.43. The summed E-state index contributed by atoms with van der Waals surface area (Å²) in [5.74, 6) is 0.554. The number of nitriles is 1. The van der Waals surface area contributed by atoms with Gasteiger partial charge >= 0.3 is 0 Å². The number of halogens is 1. The van der Waals surface area contributed by atoms with Crippen LogP contribution in [0.2, 0.25) is 0 Å². The fourth-order valence-corrected chi connectivity index (χ4v) is 4.52. The number of amidine groups is 1. The maximum Gasteiger partial charge on any atom is 0.168 e. The van der Waals surface area contributed by atoms with Crippen molar-refractivity contribution in [1.82, 2.24) is 0 Å². The first kappa shape index (κ1) is 21.2. The number of rotatable bonds is 5. The van der Waals surface area contributed by atoms with Gasteiger partial charge in [-0.1, -0.05) is 18.2 Å². The summed E-state index contributed by atoms with van der Waals surface area (Å²) >= 11 is 0. The molecule has 2 N–H and O–H groups in total. The molecule has 0 spiro atoms. The number of hydrogen-bond donors (Lipinski definition) is 1. The molecule has 2 aromatic carbocycles. The Morgan fingerprint density at radius 3 is 2.45 bits per heavy atom. The van der Waals surface area contributed by atoms with E-state index >= 15 is 0 Å². The average molecular weight is 419 g/mol. The Bertz CT molecular complexity index is 1060. The standard InChI is InChI=1S/C25H27FN4O/c1-15-24(28)30-25(29-15)22-13-18(17-7-10-23(26)20(12-17)14-27)5-6-19(22)11-16-3-8-21(31-2)9-4-16/h5-7,10,12-13,16,21,25H,3-4,8-9,11H2,1-2H3,(H2,28,30). The molecule has 5 nitrogen and oxygen atoms in total. The molecule has 1 unspecified atom stereocenters. The van der Waals surface area contributed by atoms with Gasteiger partial charge in [0.15, 0.2) is 6.17 Å². The number of aliphatic imine (C=N–C) groups is 2.